The first-order chi connectivity index (χ1) is 7.77. The molecule has 2 aromatic heterocycles. The van der Waals surface area contributed by atoms with Gasteiger partial charge in [-0.25, -0.2) is 0 Å². The largest absolute Gasteiger partial charge is 0.472 e. The lowest BCUT2D eigenvalue weighted by Crippen LogP contribution is -2.27. The molecule has 0 aromatic carbocycles. The van der Waals surface area contributed by atoms with Crippen LogP contribution in [0.1, 0.15) is 22.2 Å². The van der Waals surface area contributed by atoms with Gasteiger partial charge in [0.25, 0.3) is 5.91 Å². The summed E-state index contributed by atoms with van der Waals surface area (Å²) in [6, 6.07) is 4.87. The van der Waals surface area contributed by atoms with Crippen LogP contribution in [-0.2, 0) is 0 Å². The topological polar surface area (TPSA) is 75.6 Å². The molecule has 1 atom stereocenters. The zero-order valence-corrected chi connectivity index (χ0v) is 8.42. The van der Waals surface area contributed by atoms with Crippen LogP contribution < -0.4 is 5.32 Å². The van der Waals surface area contributed by atoms with Crippen molar-refractivity contribution >= 4 is 5.91 Å². The Bertz CT molecular complexity index is 433. The molecule has 0 saturated heterocycles. The molecule has 0 bridgehead atoms. The Morgan fingerprint density at radius 3 is 2.94 bits per heavy atom. The number of amides is 1. The molecule has 0 aliphatic heterocycles. The summed E-state index contributed by atoms with van der Waals surface area (Å²) in [6.45, 7) is 0.0948. The molecule has 5 heteroatoms. The number of furan rings is 2. The van der Waals surface area contributed by atoms with E-state index < -0.39 is 6.10 Å². The first-order valence-corrected chi connectivity index (χ1v) is 4.79. The lowest BCUT2D eigenvalue weighted by molar-refractivity contribution is 0.0900. The third-order valence-corrected chi connectivity index (χ3v) is 2.11. The number of hydrogen-bond acceptors (Lipinski definition) is 4. The standard InChI is InChI=1S/C11H11NO4/c13-9(10-2-1-4-16-10)6-12-11(14)8-3-5-15-7-8/h1-5,7,9,13H,6H2,(H,12,14). The maximum absolute atomic E-state index is 11.5. The van der Waals surface area contributed by atoms with Crippen molar-refractivity contribution in [3.8, 4) is 0 Å². The van der Waals surface area contributed by atoms with Gasteiger partial charge in [-0.2, -0.15) is 0 Å². The van der Waals surface area contributed by atoms with E-state index in [1.165, 1.54) is 18.8 Å². The molecular formula is C11H11NO4. The number of nitrogens with one attached hydrogen (secondary N) is 1. The van der Waals surface area contributed by atoms with Gasteiger partial charge in [0.05, 0.1) is 24.6 Å². The minimum absolute atomic E-state index is 0.0948. The van der Waals surface area contributed by atoms with Crippen LogP contribution in [0.2, 0.25) is 0 Å². The quantitative estimate of drug-likeness (QED) is 0.816. The highest BCUT2D eigenvalue weighted by molar-refractivity contribution is 5.93. The first kappa shape index (κ1) is 10.5. The lowest BCUT2D eigenvalue weighted by Gasteiger charge is -2.08. The normalized spacial score (nSPS) is 12.3. The van der Waals surface area contributed by atoms with Crippen LogP contribution >= 0.6 is 0 Å². The smallest absolute Gasteiger partial charge is 0.254 e. The van der Waals surface area contributed by atoms with Gasteiger partial charge < -0.3 is 19.3 Å². The van der Waals surface area contributed by atoms with Gasteiger partial charge >= 0.3 is 0 Å². The number of carbonyl (C=O) groups is 1. The number of aliphatic hydroxyl groups excluding tert-OH is 1. The molecule has 16 heavy (non-hydrogen) atoms. The van der Waals surface area contributed by atoms with Crippen LogP contribution in [0.15, 0.2) is 45.8 Å². The third kappa shape index (κ3) is 2.32. The van der Waals surface area contributed by atoms with Gasteiger partial charge in [-0.1, -0.05) is 0 Å². The van der Waals surface area contributed by atoms with Gasteiger partial charge in [0, 0.05) is 0 Å². The second-order valence-electron chi connectivity index (χ2n) is 3.25. The fourth-order valence-electron chi connectivity index (χ4n) is 1.27. The van der Waals surface area contributed by atoms with Crippen molar-refractivity contribution in [3.05, 3.63) is 48.3 Å². The van der Waals surface area contributed by atoms with Crippen LogP contribution in [0.3, 0.4) is 0 Å². The SMILES string of the molecule is O=C(NCC(O)c1ccco1)c1ccoc1. The Morgan fingerprint density at radius 1 is 1.44 bits per heavy atom. The lowest BCUT2D eigenvalue weighted by atomic mass is 10.2. The van der Waals surface area contributed by atoms with Crippen LogP contribution in [0.4, 0.5) is 0 Å². The van der Waals surface area contributed by atoms with Crippen molar-refractivity contribution in [1.29, 1.82) is 0 Å². The maximum atomic E-state index is 11.5. The summed E-state index contributed by atoms with van der Waals surface area (Å²) in [4.78, 5) is 11.5. The highest BCUT2D eigenvalue weighted by Crippen LogP contribution is 2.11. The van der Waals surface area contributed by atoms with Crippen molar-refractivity contribution < 1.29 is 18.7 Å². The summed E-state index contributed by atoms with van der Waals surface area (Å²) >= 11 is 0. The van der Waals surface area contributed by atoms with Crippen LogP contribution in [0.5, 0.6) is 0 Å². The second-order valence-corrected chi connectivity index (χ2v) is 3.25. The van der Waals surface area contributed by atoms with Crippen molar-refractivity contribution in [3.63, 3.8) is 0 Å². The van der Waals surface area contributed by atoms with E-state index in [-0.39, 0.29) is 12.5 Å². The first-order valence-electron chi connectivity index (χ1n) is 4.79. The highest BCUT2D eigenvalue weighted by Gasteiger charge is 2.13. The molecule has 1 amide bonds. The van der Waals surface area contributed by atoms with E-state index in [2.05, 4.69) is 5.32 Å². The number of hydrogen-bond donors (Lipinski definition) is 2. The monoisotopic (exact) mass is 221 g/mol. The molecule has 84 valence electrons. The van der Waals surface area contributed by atoms with Gasteiger partial charge in [0.2, 0.25) is 0 Å². The van der Waals surface area contributed by atoms with Gasteiger partial charge in [0.15, 0.2) is 0 Å². The second kappa shape index (κ2) is 4.67. The van der Waals surface area contributed by atoms with Crippen LogP contribution in [-0.4, -0.2) is 17.6 Å². The number of carbonyl (C=O) groups excluding carboxylic acids is 1. The van der Waals surface area contributed by atoms with Gasteiger partial charge in [-0.3, -0.25) is 4.79 Å². The van der Waals surface area contributed by atoms with Crippen LogP contribution in [0.25, 0.3) is 0 Å². The molecule has 0 spiro atoms. The Morgan fingerprint density at radius 2 is 2.31 bits per heavy atom. The molecular weight excluding hydrogens is 210 g/mol. The fraction of sp³-hybridized carbons (Fsp3) is 0.182. The van der Waals surface area contributed by atoms with E-state index in [0.29, 0.717) is 11.3 Å². The molecule has 2 rings (SSSR count). The summed E-state index contributed by atoms with van der Waals surface area (Å²) in [5.41, 5.74) is 0.423. The molecule has 2 aromatic rings. The Balaban J connectivity index is 1.86. The summed E-state index contributed by atoms with van der Waals surface area (Å²) in [7, 11) is 0. The van der Waals surface area contributed by atoms with Crippen molar-refractivity contribution in [2.24, 2.45) is 0 Å². The van der Waals surface area contributed by atoms with E-state index in [1.807, 2.05) is 0 Å². The zero-order valence-electron chi connectivity index (χ0n) is 8.42. The number of rotatable bonds is 4. The summed E-state index contributed by atoms with van der Waals surface area (Å²) in [6.07, 6.45) is 3.38. The van der Waals surface area contributed by atoms with E-state index in [1.54, 1.807) is 18.2 Å². The summed E-state index contributed by atoms with van der Waals surface area (Å²) < 4.78 is 9.77. The fourth-order valence-corrected chi connectivity index (χ4v) is 1.27. The van der Waals surface area contributed by atoms with E-state index in [9.17, 15) is 9.90 Å². The Kier molecular flexibility index (Phi) is 3.07. The molecule has 0 fully saturated rings. The summed E-state index contributed by atoms with van der Waals surface area (Å²) in [5.74, 6) is 0.131. The average Bonchev–Trinajstić information content (AvgIpc) is 2.95. The minimum Gasteiger partial charge on any atom is -0.472 e. The van der Waals surface area contributed by atoms with Gasteiger partial charge in [-0.05, 0) is 18.2 Å². The minimum atomic E-state index is -0.842. The Hall–Kier alpha value is -2.01. The maximum Gasteiger partial charge on any atom is 0.254 e. The highest BCUT2D eigenvalue weighted by atomic mass is 16.4. The Labute approximate surface area is 91.7 Å². The van der Waals surface area contributed by atoms with Gasteiger partial charge in [-0.15, -0.1) is 0 Å². The van der Waals surface area contributed by atoms with Gasteiger partial charge in [0.1, 0.15) is 18.1 Å². The molecule has 0 aliphatic rings. The van der Waals surface area contributed by atoms with E-state index >= 15 is 0 Å². The molecule has 0 radical (unpaired) electrons. The van der Waals surface area contributed by atoms with Crippen molar-refractivity contribution in [1.82, 2.24) is 5.32 Å². The van der Waals surface area contributed by atoms with E-state index in [4.69, 9.17) is 8.83 Å². The molecule has 1 unspecified atom stereocenters. The number of aliphatic hydroxyl groups is 1. The third-order valence-electron chi connectivity index (χ3n) is 2.11. The van der Waals surface area contributed by atoms with Crippen molar-refractivity contribution in [2.45, 2.75) is 6.10 Å². The average molecular weight is 221 g/mol. The van der Waals surface area contributed by atoms with Crippen molar-refractivity contribution in [2.75, 3.05) is 6.54 Å². The molecule has 0 aliphatic carbocycles. The molecule has 2 heterocycles. The predicted molar refractivity (Wildman–Crippen MR) is 54.7 cm³/mol. The zero-order chi connectivity index (χ0) is 11.4. The molecule has 0 saturated carbocycles. The molecule has 2 N–H and O–H groups in total. The predicted octanol–water partition coefficient (Wildman–Crippen LogP) is 1.34. The summed E-state index contributed by atoms with van der Waals surface area (Å²) in [5, 5.41) is 12.2. The van der Waals surface area contributed by atoms with Crippen LogP contribution in [0, 0.1) is 0 Å². The molecule has 5 nitrogen and oxygen atoms in total. The van der Waals surface area contributed by atoms with E-state index in [0.717, 1.165) is 0 Å².